The van der Waals surface area contributed by atoms with E-state index in [9.17, 15) is 13.2 Å². The van der Waals surface area contributed by atoms with Gasteiger partial charge in [0, 0.05) is 30.4 Å². The quantitative estimate of drug-likeness (QED) is 0.852. The minimum atomic E-state index is -4.38. The van der Waals surface area contributed by atoms with Crippen molar-refractivity contribution in [2.24, 2.45) is 5.92 Å². The van der Waals surface area contributed by atoms with Crippen LogP contribution in [0.5, 0.6) is 0 Å². The van der Waals surface area contributed by atoms with Crippen molar-refractivity contribution in [2.45, 2.75) is 46.5 Å². The zero-order valence-corrected chi connectivity index (χ0v) is 13.9. The van der Waals surface area contributed by atoms with Crippen molar-refractivity contribution in [3.05, 3.63) is 46.7 Å². The Labute approximate surface area is 138 Å². The lowest BCUT2D eigenvalue weighted by molar-refractivity contribution is -0.137. The van der Waals surface area contributed by atoms with Gasteiger partial charge in [0.1, 0.15) is 11.6 Å². The maximum absolute atomic E-state index is 13.0. The van der Waals surface area contributed by atoms with E-state index in [-0.39, 0.29) is 0 Å². The van der Waals surface area contributed by atoms with Crippen LogP contribution in [0.15, 0.2) is 18.3 Å². The van der Waals surface area contributed by atoms with E-state index in [2.05, 4.69) is 28.8 Å². The van der Waals surface area contributed by atoms with Crippen LogP contribution in [-0.2, 0) is 25.7 Å². The van der Waals surface area contributed by atoms with Crippen molar-refractivity contribution < 1.29 is 13.2 Å². The molecule has 0 spiro atoms. The molecule has 0 atom stereocenters. The van der Waals surface area contributed by atoms with Gasteiger partial charge < -0.3 is 4.90 Å². The molecular weight excluding hydrogens is 317 g/mol. The number of halogens is 3. The summed E-state index contributed by atoms with van der Waals surface area (Å²) in [5.74, 6) is 1.55. The Morgan fingerprint density at radius 1 is 1.17 bits per heavy atom. The molecule has 2 aromatic heterocycles. The van der Waals surface area contributed by atoms with Crippen molar-refractivity contribution in [2.75, 3.05) is 4.90 Å². The zero-order chi connectivity index (χ0) is 17.5. The first-order valence-electron chi connectivity index (χ1n) is 7.87. The molecule has 24 heavy (non-hydrogen) atoms. The lowest BCUT2D eigenvalue weighted by atomic mass is 10.1. The number of nitrogens with zero attached hydrogens (tertiary/aromatic N) is 4. The molecule has 4 nitrogen and oxygen atoms in total. The van der Waals surface area contributed by atoms with Gasteiger partial charge in [0.05, 0.1) is 17.8 Å². The number of rotatable bonds is 3. The number of aromatic nitrogens is 3. The summed E-state index contributed by atoms with van der Waals surface area (Å²) in [6.45, 7) is 6.70. The minimum absolute atomic E-state index is 0.325. The van der Waals surface area contributed by atoms with Crippen LogP contribution >= 0.6 is 0 Å². The molecule has 0 fully saturated rings. The first-order chi connectivity index (χ1) is 11.2. The van der Waals surface area contributed by atoms with E-state index in [1.54, 1.807) is 18.0 Å². The number of hydrogen-bond donors (Lipinski definition) is 0. The molecule has 1 aliphatic heterocycles. The van der Waals surface area contributed by atoms with Crippen LogP contribution < -0.4 is 4.90 Å². The van der Waals surface area contributed by atoms with E-state index in [1.807, 2.05) is 0 Å². The number of fused-ring (bicyclic) bond motifs is 1. The summed E-state index contributed by atoms with van der Waals surface area (Å²) < 4.78 is 39.0. The van der Waals surface area contributed by atoms with Gasteiger partial charge in [0.2, 0.25) is 0 Å². The molecular formula is C17H19F3N4. The second-order valence-corrected chi connectivity index (χ2v) is 6.57. The standard InChI is InChI=1S/C17H19F3N4/c1-10(2)4-15-21-7-12-8-24(9-14(12)23-15)16-6-13(17(18,19)20)5-11(3)22-16/h5-7,10H,4,8-9H2,1-3H3. The van der Waals surface area contributed by atoms with Gasteiger partial charge in [0.25, 0.3) is 0 Å². The van der Waals surface area contributed by atoms with Gasteiger partial charge >= 0.3 is 6.18 Å². The Morgan fingerprint density at radius 2 is 1.92 bits per heavy atom. The van der Waals surface area contributed by atoms with Crippen LogP contribution in [0.1, 0.15) is 42.2 Å². The summed E-state index contributed by atoms with van der Waals surface area (Å²) >= 11 is 0. The molecule has 0 bridgehead atoms. The Morgan fingerprint density at radius 3 is 2.58 bits per heavy atom. The van der Waals surface area contributed by atoms with Crippen LogP contribution in [0.3, 0.4) is 0 Å². The molecule has 0 saturated carbocycles. The zero-order valence-electron chi connectivity index (χ0n) is 13.9. The van der Waals surface area contributed by atoms with Crippen molar-refractivity contribution in [1.82, 2.24) is 15.0 Å². The van der Waals surface area contributed by atoms with Crippen molar-refractivity contribution in [3.8, 4) is 0 Å². The van der Waals surface area contributed by atoms with E-state index >= 15 is 0 Å². The van der Waals surface area contributed by atoms with Crippen LogP contribution in [-0.4, -0.2) is 15.0 Å². The fraction of sp³-hybridized carbons (Fsp3) is 0.471. The molecule has 0 aromatic carbocycles. The summed E-state index contributed by atoms with van der Waals surface area (Å²) in [5, 5.41) is 0. The molecule has 1 aliphatic rings. The van der Waals surface area contributed by atoms with Crippen molar-refractivity contribution in [3.63, 3.8) is 0 Å². The van der Waals surface area contributed by atoms with Crippen LogP contribution in [0.4, 0.5) is 19.0 Å². The molecule has 0 aliphatic carbocycles. The second kappa shape index (κ2) is 6.03. The van der Waals surface area contributed by atoms with E-state index in [0.29, 0.717) is 30.5 Å². The summed E-state index contributed by atoms with van der Waals surface area (Å²) in [6.07, 6.45) is -1.81. The van der Waals surface area contributed by atoms with Gasteiger partial charge in [-0.15, -0.1) is 0 Å². The number of aryl methyl sites for hydroxylation is 1. The lowest BCUT2D eigenvalue weighted by Gasteiger charge is -2.18. The highest BCUT2D eigenvalue weighted by Crippen LogP contribution is 2.33. The van der Waals surface area contributed by atoms with Gasteiger partial charge in [-0.25, -0.2) is 15.0 Å². The van der Waals surface area contributed by atoms with Gasteiger partial charge in [-0.1, -0.05) is 13.8 Å². The molecule has 3 heterocycles. The minimum Gasteiger partial charge on any atom is -0.346 e. The lowest BCUT2D eigenvalue weighted by Crippen LogP contribution is -2.18. The van der Waals surface area contributed by atoms with Crippen molar-refractivity contribution >= 4 is 5.82 Å². The number of anilines is 1. The van der Waals surface area contributed by atoms with Gasteiger partial charge in [-0.2, -0.15) is 13.2 Å². The Kier molecular flexibility index (Phi) is 4.19. The molecule has 7 heteroatoms. The summed E-state index contributed by atoms with van der Waals surface area (Å²) in [4.78, 5) is 15.0. The Hall–Kier alpha value is -2.18. The Balaban J connectivity index is 1.86. The van der Waals surface area contributed by atoms with Gasteiger partial charge in [-0.3, -0.25) is 0 Å². The van der Waals surface area contributed by atoms with Crippen LogP contribution in [0, 0.1) is 12.8 Å². The van der Waals surface area contributed by atoms with E-state index < -0.39 is 11.7 Å². The van der Waals surface area contributed by atoms with Gasteiger partial charge in [0.15, 0.2) is 0 Å². The number of alkyl halides is 3. The van der Waals surface area contributed by atoms with E-state index in [0.717, 1.165) is 35.6 Å². The summed E-state index contributed by atoms with van der Waals surface area (Å²) in [5.41, 5.74) is 1.49. The van der Waals surface area contributed by atoms with E-state index in [1.165, 1.54) is 0 Å². The molecule has 0 radical (unpaired) electrons. The first-order valence-corrected chi connectivity index (χ1v) is 7.87. The monoisotopic (exact) mass is 336 g/mol. The molecule has 0 unspecified atom stereocenters. The fourth-order valence-electron chi connectivity index (χ4n) is 2.80. The normalized spacial score (nSPS) is 14.4. The average Bonchev–Trinajstić information content (AvgIpc) is 2.88. The molecule has 2 aromatic rings. The highest BCUT2D eigenvalue weighted by atomic mass is 19.4. The third-order valence-corrected chi connectivity index (χ3v) is 3.89. The molecule has 3 rings (SSSR count). The van der Waals surface area contributed by atoms with Crippen LogP contribution in [0.25, 0.3) is 0 Å². The molecule has 0 saturated heterocycles. The summed E-state index contributed by atoms with van der Waals surface area (Å²) in [7, 11) is 0. The van der Waals surface area contributed by atoms with Crippen LogP contribution in [0.2, 0.25) is 0 Å². The maximum Gasteiger partial charge on any atom is 0.416 e. The van der Waals surface area contributed by atoms with E-state index in [4.69, 9.17) is 0 Å². The number of hydrogen-bond acceptors (Lipinski definition) is 4. The SMILES string of the molecule is Cc1cc(C(F)(F)F)cc(N2Cc3cnc(CC(C)C)nc3C2)n1. The second-order valence-electron chi connectivity index (χ2n) is 6.57. The van der Waals surface area contributed by atoms with Gasteiger partial charge in [-0.05, 0) is 25.0 Å². The molecule has 0 amide bonds. The predicted molar refractivity (Wildman–Crippen MR) is 84.4 cm³/mol. The highest BCUT2D eigenvalue weighted by Gasteiger charge is 2.32. The van der Waals surface area contributed by atoms with Crippen molar-refractivity contribution in [1.29, 1.82) is 0 Å². The third-order valence-electron chi connectivity index (χ3n) is 3.89. The summed E-state index contributed by atoms with van der Waals surface area (Å²) in [6, 6.07) is 2.16. The maximum atomic E-state index is 13.0. The average molecular weight is 336 g/mol. The molecule has 128 valence electrons. The largest absolute Gasteiger partial charge is 0.416 e. The smallest absolute Gasteiger partial charge is 0.346 e. The number of pyridine rings is 1. The third kappa shape index (κ3) is 3.49. The Bertz CT molecular complexity index is 756. The molecule has 0 N–H and O–H groups in total. The first kappa shape index (κ1) is 16.7. The topological polar surface area (TPSA) is 41.9 Å². The predicted octanol–water partition coefficient (Wildman–Crippen LogP) is 3.92. The highest BCUT2D eigenvalue weighted by molar-refractivity contribution is 5.47. The fourth-order valence-corrected chi connectivity index (χ4v) is 2.80.